The third kappa shape index (κ3) is 4.56. The highest BCUT2D eigenvalue weighted by Crippen LogP contribution is 2.25. The molecule has 1 unspecified atom stereocenters. The van der Waals surface area contributed by atoms with Crippen molar-refractivity contribution in [1.82, 2.24) is 9.97 Å². The number of primary amides is 1. The SMILES string of the molecule is CC(Sc1nc(-c2ccccc2)c(C#N)c(=O)[nH]1)C(=O)Nc1ccccc1C(N)=O. The summed E-state index contributed by atoms with van der Waals surface area (Å²) in [5, 5.41) is 11.5. The predicted molar refractivity (Wildman–Crippen MR) is 114 cm³/mol. The lowest BCUT2D eigenvalue weighted by molar-refractivity contribution is -0.115. The zero-order valence-corrected chi connectivity index (χ0v) is 16.7. The first kappa shape index (κ1) is 20.8. The summed E-state index contributed by atoms with van der Waals surface area (Å²) < 4.78 is 0. The lowest BCUT2D eigenvalue weighted by Gasteiger charge is -2.14. The summed E-state index contributed by atoms with van der Waals surface area (Å²) in [7, 11) is 0. The smallest absolute Gasteiger partial charge is 0.270 e. The highest BCUT2D eigenvalue weighted by molar-refractivity contribution is 8.00. The van der Waals surface area contributed by atoms with E-state index in [2.05, 4.69) is 15.3 Å². The Labute approximate surface area is 176 Å². The average molecular weight is 419 g/mol. The molecule has 3 rings (SSSR count). The number of carbonyl (C=O) groups is 2. The lowest BCUT2D eigenvalue weighted by atomic mass is 10.1. The van der Waals surface area contributed by atoms with Gasteiger partial charge in [0.05, 0.1) is 22.2 Å². The van der Waals surface area contributed by atoms with Crippen LogP contribution in [0.4, 0.5) is 5.69 Å². The van der Waals surface area contributed by atoms with Crippen LogP contribution in [0.5, 0.6) is 0 Å². The van der Waals surface area contributed by atoms with E-state index >= 15 is 0 Å². The quantitative estimate of drug-likeness (QED) is 0.414. The fraction of sp³-hybridized carbons (Fsp3) is 0.0952. The molecular weight excluding hydrogens is 402 g/mol. The Morgan fingerprint density at radius 2 is 1.83 bits per heavy atom. The molecule has 0 fully saturated rings. The summed E-state index contributed by atoms with van der Waals surface area (Å²) in [6, 6.07) is 17.1. The highest BCUT2D eigenvalue weighted by atomic mass is 32.2. The van der Waals surface area contributed by atoms with Gasteiger partial charge in [-0.15, -0.1) is 0 Å². The van der Waals surface area contributed by atoms with Crippen molar-refractivity contribution >= 4 is 29.3 Å². The Bertz CT molecular complexity index is 1200. The van der Waals surface area contributed by atoms with Crippen LogP contribution in [0, 0.1) is 11.3 Å². The van der Waals surface area contributed by atoms with E-state index in [0.717, 1.165) is 11.8 Å². The largest absolute Gasteiger partial charge is 0.366 e. The molecule has 9 heteroatoms. The molecule has 0 aliphatic rings. The number of thioether (sulfide) groups is 1. The van der Waals surface area contributed by atoms with Crippen molar-refractivity contribution in [2.45, 2.75) is 17.3 Å². The molecule has 2 aromatic carbocycles. The van der Waals surface area contributed by atoms with Gasteiger partial charge >= 0.3 is 0 Å². The molecule has 1 atom stereocenters. The van der Waals surface area contributed by atoms with Gasteiger partial charge in [-0.2, -0.15) is 5.26 Å². The lowest BCUT2D eigenvalue weighted by Crippen LogP contribution is -2.25. The second-order valence-electron chi connectivity index (χ2n) is 6.23. The van der Waals surface area contributed by atoms with Crippen LogP contribution in [0.25, 0.3) is 11.3 Å². The molecule has 30 heavy (non-hydrogen) atoms. The molecule has 1 heterocycles. The number of nitrogens with zero attached hydrogens (tertiary/aromatic N) is 2. The van der Waals surface area contributed by atoms with E-state index in [1.165, 1.54) is 6.07 Å². The summed E-state index contributed by atoms with van der Waals surface area (Å²) in [5.41, 5.74) is 6.01. The highest BCUT2D eigenvalue weighted by Gasteiger charge is 2.20. The molecule has 1 aromatic heterocycles. The Kier molecular flexibility index (Phi) is 6.29. The number of hydrogen-bond acceptors (Lipinski definition) is 6. The van der Waals surface area contributed by atoms with Crippen LogP contribution >= 0.6 is 11.8 Å². The molecular formula is C21H17N5O3S. The molecule has 3 aromatic rings. The van der Waals surface area contributed by atoms with Gasteiger partial charge in [0.15, 0.2) is 5.16 Å². The number of amides is 2. The van der Waals surface area contributed by atoms with Gasteiger partial charge in [0.25, 0.3) is 11.5 Å². The number of nitrogens with two attached hydrogens (primary N) is 1. The second-order valence-corrected chi connectivity index (χ2v) is 7.56. The van der Waals surface area contributed by atoms with E-state index in [9.17, 15) is 19.6 Å². The van der Waals surface area contributed by atoms with Crippen LogP contribution in [0.3, 0.4) is 0 Å². The molecule has 0 bridgehead atoms. The van der Waals surface area contributed by atoms with Crippen LogP contribution in [0.1, 0.15) is 22.8 Å². The molecule has 8 nitrogen and oxygen atoms in total. The van der Waals surface area contributed by atoms with Gasteiger partial charge in [0.1, 0.15) is 11.6 Å². The number of carbonyl (C=O) groups excluding carboxylic acids is 2. The van der Waals surface area contributed by atoms with Crippen LogP contribution in [0.15, 0.2) is 64.5 Å². The van der Waals surface area contributed by atoms with Crippen LogP contribution in [-0.2, 0) is 4.79 Å². The number of anilines is 1. The average Bonchev–Trinajstić information content (AvgIpc) is 2.74. The standard InChI is InChI=1S/C21H17N5O3S/c1-12(19(28)24-16-10-6-5-9-14(16)18(23)27)30-21-25-17(13-7-3-2-4-8-13)15(11-22)20(29)26-21/h2-10,12H,1H3,(H2,23,27)(H,24,28)(H,25,26,29). The number of nitrogens with one attached hydrogen (secondary N) is 2. The molecule has 0 aliphatic heterocycles. The van der Waals surface area contributed by atoms with Crippen molar-refractivity contribution in [2.75, 3.05) is 5.32 Å². The van der Waals surface area contributed by atoms with Crippen molar-refractivity contribution in [3.63, 3.8) is 0 Å². The summed E-state index contributed by atoms with van der Waals surface area (Å²) >= 11 is 1.02. The predicted octanol–water partition coefficient (Wildman–Crippen LogP) is 2.53. The first-order valence-electron chi connectivity index (χ1n) is 8.87. The van der Waals surface area contributed by atoms with Gasteiger partial charge in [-0.05, 0) is 19.1 Å². The molecule has 0 spiro atoms. The normalized spacial score (nSPS) is 11.3. The Morgan fingerprint density at radius 3 is 2.50 bits per heavy atom. The Hall–Kier alpha value is -3.90. The van der Waals surface area contributed by atoms with Crippen LogP contribution in [-0.4, -0.2) is 27.0 Å². The maximum absolute atomic E-state index is 12.6. The second kappa shape index (κ2) is 9.07. The topological polar surface area (TPSA) is 142 Å². The number of para-hydroxylation sites is 1. The zero-order valence-electron chi connectivity index (χ0n) is 15.9. The maximum Gasteiger partial charge on any atom is 0.270 e. The summed E-state index contributed by atoms with van der Waals surface area (Å²) in [5.74, 6) is -1.06. The molecule has 4 N–H and O–H groups in total. The van der Waals surface area contributed by atoms with Gasteiger partial charge in [0, 0.05) is 5.56 Å². The molecule has 0 radical (unpaired) electrons. The van der Waals surface area contributed by atoms with Crippen molar-refractivity contribution < 1.29 is 9.59 Å². The summed E-state index contributed by atoms with van der Waals surface area (Å²) in [6.07, 6.45) is 0. The van der Waals surface area contributed by atoms with Crippen LogP contribution in [0.2, 0.25) is 0 Å². The number of rotatable bonds is 6. The van der Waals surface area contributed by atoms with E-state index in [-0.39, 0.29) is 22.0 Å². The van der Waals surface area contributed by atoms with Crippen LogP contribution < -0.4 is 16.6 Å². The first-order valence-corrected chi connectivity index (χ1v) is 9.75. The van der Waals surface area contributed by atoms with E-state index in [4.69, 9.17) is 5.73 Å². The van der Waals surface area contributed by atoms with E-state index in [1.54, 1.807) is 49.4 Å². The monoisotopic (exact) mass is 419 g/mol. The zero-order chi connectivity index (χ0) is 21.7. The Morgan fingerprint density at radius 1 is 1.17 bits per heavy atom. The number of nitriles is 1. The van der Waals surface area contributed by atoms with Gasteiger partial charge in [-0.3, -0.25) is 14.4 Å². The molecule has 0 saturated carbocycles. The van der Waals surface area contributed by atoms with Crippen molar-refractivity contribution in [2.24, 2.45) is 5.73 Å². The molecule has 2 amide bonds. The van der Waals surface area contributed by atoms with Gasteiger partial charge < -0.3 is 16.0 Å². The molecule has 150 valence electrons. The molecule has 0 aliphatic carbocycles. The van der Waals surface area contributed by atoms with Gasteiger partial charge in [-0.25, -0.2) is 4.98 Å². The van der Waals surface area contributed by atoms with Crippen molar-refractivity contribution in [3.05, 3.63) is 76.1 Å². The third-order valence-corrected chi connectivity index (χ3v) is 5.15. The summed E-state index contributed by atoms with van der Waals surface area (Å²) in [6.45, 7) is 1.63. The third-order valence-electron chi connectivity index (χ3n) is 4.16. The minimum absolute atomic E-state index is 0.0990. The van der Waals surface area contributed by atoms with E-state index in [1.807, 2.05) is 12.1 Å². The van der Waals surface area contributed by atoms with E-state index < -0.39 is 22.6 Å². The fourth-order valence-corrected chi connectivity index (χ4v) is 3.48. The summed E-state index contributed by atoms with van der Waals surface area (Å²) in [4.78, 5) is 43.4. The van der Waals surface area contributed by atoms with Crippen molar-refractivity contribution in [1.29, 1.82) is 5.26 Å². The number of H-pyrrole nitrogens is 1. The fourth-order valence-electron chi connectivity index (χ4n) is 2.68. The minimum Gasteiger partial charge on any atom is -0.366 e. The number of aromatic nitrogens is 2. The van der Waals surface area contributed by atoms with Gasteiger partial charge in [0.2, 0.25) is 5.91 Å². The number of aromatic amines is 1. The maximum atomic E-state index is 12.6. The van der Waals surface area contributed by atoms with Gasteiger partial charge in [-0.1, -0.05) is 54.2 Å². The number of hydrogen-bond donors (Lipinski definition) is 3. The molecule has 0 saturated heterocycles. The number of benzene rings is 2. The minimum atomic E-state index is -0.661. The van der Waals surface area contributed by atoms with E-state index in [0.29, 0.717) is 11.3 Å². The Balaban J connectivity index is 1.85. The first-order chi connectivity index (χ1) is 14.4. The van der Waals surface area contributed by atoms with Crippen molar-refractivity contribution in [3.8, 4) is 17.3 Å².